The number of benzene rings is 2. The molecule has 0 aliphatic heterocycles. The van der Waals surface area contributed by atoms with Gasteiger partial charge in [0.1, 0.15) is 0 Å². The molecule has 2 rings (SSSR count). The van der Waals surface area contributed by atoms with Gasteiger partial charge in [-0.2, -0.15) is 0 Å². The van der Waals surface area contributed by atoms with Crippen LogP contribution >= 0.6 is 0 Å². The van der Waals surface area contributed by atoms with Gasteiger partial charge in [-0.1, -0.05) is 88.4 Å². The van der Waals surface area contributed by atoms with Crippen LogP contribution < -0.4 is 10.4 Å². The predicted molar refractivity (Wildman–Crippen MR) is 112 cm³/mol. The normalized spacial score (nSPS) is 14.5. The van der Waals surface area contributed by atoms with Crippen molar-refractivity contribution in [2.75, 3.05) is 6.61 Å². The molecule has 0 bridgehead atoms. The van der Waals surface area contributed by atoms with Crippen molar-refractivity contribution in [3.05, 3.63) is 60.7 Å². The summed E-state index contributed by atoms with van der Waals surface area (Å²) < 4.78 is 6.69. The molecular formula is C23H30O2Si. The molecule has 0 radical (unpaired) electrons. The van der Waals surface area contributed by atoms with Crippen LogP contribution in [0.15, 0.2) is 60.7 Å². The molecule has 0 amide bonds. The van der Waals surface area contributed by atoms with Crippen molar-refractivity contribution < 1.29 is 9.53 Å². The summed E-state index contributed by atoms with van der Waals surface area (Å²) in [5.41, 5.74) is 0. The fraction of sp³-hybridized carbons (Fsp3) is 0.391. The van der Waals surface area contributed by atoms with Crippen LogP contribution in [0.25, 0.3) is 0 Å². The summed E-state index contributed by atoms with van der Waals surface area (Å²) in [5, 5.41) is 12.8. The van der Waals surface area contributed by atoms with Crippen molar-refractivity contribution >= 4 is 18.7 Å². The van der Waals surface area contributed by atoms with E-state index in [1.807, 2.05) is 19.1 Å². The van der Waals surface area contributed by atoms with E-state index in [-0.39, 0.29) is 11.0 Å². The highest BCUT2D eigenvalue weighted by molar-refractivity contribution is 6.99. The minimum Gasteiger partial charge on any atom is -0.405 e. The molecule has 3 heteroatoms. The maximum absolute atomic E-state index is 10.5. The van der Waals surface area contributed by atoms with Crippen LogP contribution in [0.5, 0.6) is 0 Å². The Balaban J connectivity index is 2.46. The lowest BCUT2D eigenvalue weighted by atomic mass is 10.1. The molecule has 0 heterocycles. The lowest BCUT2D eigenvalue weighted by Gasteiger charge is -2.43. The SMILES string of the molecule is C#C[C@H](C)C[C@H](O)CO[Si](c1ccccc1)(c1ccccc1)C(C)(C)C. The molecule has 0 aliphatic rings. The first-order chi connectivity index (χ1) is 12.3. The third-order valence-electron chi connectivity index (χ3n) is 4.82. The fourth-order valence-electron chi connectivity index (χ4n) is 3.53. The molecule has 0 saturated heterocycles. The lowest BCUT2D eigenvalue weighted by Crippen LogP contribution is -2.67. The van der Waals surface area contributed by atoms with Crippen molar-refractivity contribution in [3.63, 3.8) is 0 Å². The second kappa shape index (κ2) is 8.68. The van der Waals surface area contributed by atoms with Crippen LogP contribution in [0.1, 0.15) is 34.1 Å². The van der Waals surface area contributed by atoms with Gasteiger partial charge in [-0.3, -0.25) is 0 Å². The smallest absolute Gasteiger partial charge is 0.261 e. The first-order valence-corrected chi connectivity index (χ1v) is 11.1. The van der Waals surface area contributed by atoms with E-state index in [1.165, 1.54) is 10.4 Å². The van der Waals surface area contributed by atoms with E-state index in [0.29, 0.717) is 13.0 Å². The Labute approximate surface area is 159 Å². The highest BCUT2D eigenvalue weighted by Gasteiger charge is 2.50. The first-order valence-electron chi connectivity index (χ1n) is 9.20. The van der Waals surface area contributed by atoms with Crippen LogP contribution in [0.2, 0.25) is 5.04 Å². The Morgan fingerprint density at radius 2 is 1.46 bits per heavy atom. The third-order valence-corrected chi connectivity index (χ3v) is 9.82. The highest BCUT2D eigenvalue weighted by atomic mass is 28.4. The molecular weight excluding hydrogens is 336 g/mol. The largest absolute Gasteiger partial charge is 0.405 e. The number of aliphatic hydroxyl groups excluding tert-OH is 1. The molecule has 0 saturated carbocycles. The molecule has 0 spiro atoms. The van der Waals surface area contributed by atoms with Crippen LogP contribution in [0.4, 0.5) is 0 Å². The van der Waals surface area contributed by atoms with Gasteiger partial charge < -0.3 is 9.53 Å². The van der Waals surface area contributed by atoms with Crippen molar-refractivity contribution in [2.24, 2.45) is 5.92 Å². The molecule has 138 valence electrons. The zero-order chi connectivity index (χ0) is 19.2. The topological polar surface area (TPSA) is 29.5 Å². The Kier molecular flexibility index (Phi) is 6.83. The van der Waals surface area contributed by atoms with Crippen LogP contribution in [-0.2, 0) is 4.43 Å². The molecule has 1 N–H and O–H groups in total. The van der Waals surface area contributed by atoms with Gasteiger partial charge in [0.2, 0.25) is 0 Å². The maximum atomic E-state index is 10.5. The molecule has 2 nitrogen and oxygen atoms in total. The molecule has 2 atom stereocenters. The summed E-state index contributed by atoms with van der Waals surface area (Å²) in [6, 6.07) is 20.9. The average Bonchev–Trinajstić information content (AvgIpc) is 2.62. The molecule has 2 aromatic rings. The molecule has 2 aromatic carbocycles. The van der Waals surface area contributed by atoms with Gasteiger partial charge >= 0.3 is 0 Å². The third kappa shape index (κ3) is 4.45. The van der Waals surface area contributed by atoms with Crippen molar-refractivity contribution in [2.45, 2.75) is 45.3 Å². The summed E-state index contributed by atoms with van der Waals surface area (Å²) >= 11 is 0. The van der Waals surface area contributed by atoms with Gasteiger partial charge in [0.15, 0.2) is 0 Å². The van der Waals surface area contributed by atoms with E-state index in [4.69, 9.17) is 10.8 Å². The van der Waals surface area contributed by atoms with Gasteiger partial charge in [0.25, 0.3) is 8.32 Å². The van der Waals surface area contributed by atoms with Gasteiger partial charge in [-0.15, -0.1) is 12.3 Å². The number of hydrogen-bond donors (Lipinski definition) is 1. The van der Waals surface area contributed by atoms with E-state index in [1.54, 1.807) is 0 Å². The molecule has 0 aromatic heterocycles. The summed E-state index contributed by atoms with van der Waals surface area (Å²) in [5.74, 6) is 2.72. The van der Waals surface area contributed by atoms with Gasteiger partial charge in [0.05, 0.1) is 12.7 Å². The van der Waals surface area contributed by atoms with Crippen molar-refractivity contribution in [3.8, 4) is 12.3 Å². The van der Waals surface area contributed by atoms with Crippen LogP contribution in [-0.4, -0.2) is 26.1 Å². The summed E-state index contributed by atoms with van der Waals surface area (Å²) in [6.45, 7) is 8.94. The van der Waals surface area contributed by atoms with Crippen molar-refractivity contribution in [1.29, 1.82) is 0 Å². The quantitative estimate of drug-likeness (QED) is 0.599. The summed E-state index contributed by atoms with van der Waals surface area (Å²) in [4.78, 5) is 0. The van der Waals surface area contributed by atoms with E-state index < -0.39 is 14.4 Å². The highest BCUT2D eigenvalue weighted by Crippen LogP contribution is 2.36. The van der Waals surface area contributed by atoms with Crippen molar-refractivity contribution in [1.82, 2.24) is 0 Å². The zero-order valence-corrected chi connectivity index (χ0v) is 17.3. The average molecular weight is 367 g/mol. The number of rotatable bonds is 7. The summed E-state index contributed by atoms with van der Waals surface area (Å²) in [6.07, 6.45) is 5.44. The zero-order valence-electron chi connectivity index (χ0n) is 16.3. The standard InChI is InChI=1S/C23H30O2Si/c1-6-19(2)17-20(24)18-25-26(23(3,4)5,21-13-9-7-10-14-21)22-15-11-8-12-16-22/h1,7-16,19-20,24H,17-18H2,2-5H3/t19-,20-/m0/s1. The monoisotopic (exact) mass is 366 g/mol. The van der Waals surface area contributed by atoms with E-state index >= 15 is 0 Å². The van der Waals surface area contributed by atoms with E-state index in [9.17, 15) is 5.11 Å². The van der Waals surface area contributed by atoms with Crippen LogP contribution in [0, 0.1) is 18.3 Å². The summed E-state index contributed by atoms with van der Waals surface area (Å²) in [7, 11) is -2.58. The van der Waals surface area contributed by atoms with Gasteiger partial charge in [-0.25, -0.2) is 0 Å². The van der Waals surface area contributed by atoms with E-state index in [2.05, 4.69) is 75.2 Å². The second-order valence-electron chi connectivity index (χ2n) is 7.93. The van der Waals surface area contributed by atoms with Crippen LogP contribution in [0.3, 0.4) is 0 Å². The Bertz CT molecular complexity index is 674. The number of hydrogen-bond acceptors (Lipinski definition) is 2. The number of aliphatic hydroxyl groups is 1. The first kappa shape index (κ1) is 20.4. The molecule has 0 aliphatic carbocycles. The maximum Gasteiger partial charge on any atom is 0.261 e. The number of terminal acetylenes is 1. The Hall–Kier alpha value is -1.86. The fourth-order valence-corrected chi connectivity index (χ4v) is 8.12. The Morgan fingerprint density at radius 3 is 1.85 bits per heavy atom. The molecule has 26 heavy (non-hydrogen) atoms. The Morgan fingerprint density at radius 1 is 1.00 bits per heavy atom. The predicted octanol–water partition coefficient (Wildman–Crippen LogP) is 3.58. The molecule has 0 unspecified atom stereocenters. The minimum absolute atomic E-state index is 0.0350. The van der Waals surface area contributed by atoms with E-state index in [0.717, 1.165) is 0 Å². The van der Waals surface area contributed by atoms with Gasteiger partial charge in [-0.05, 0) is 21.8 Å². The minimum atomic E-state index is -2.58. The second-order valence-corrected chi connectivity index (χ2v) is 12.2. The van der Waals surface area contributed by atoms with Gasteiger partial charge in [0, 0.05) is 5.92 Å². The molecule has 0 fully saturated rings. The lowest BCUT2D eigenvalue weighted by molar-refractivity contribution is 0.0884.